The molecule has 0 bridgehead atoms. The first-order valence-electron chi connectivity index (χ1n) is 28.7. The third-order valence-electron chi connectivity index (χ3n) is 17.6. The summed E-state index contributed by atoms with van der Waals surface area (Å²) in [4.78, 5) is 4.94. The fourth-order valence-corrected chi connectivity index (χ4v) is 14.3. The molecule has 13 aromatic carbocycles. The largest absolute Gasteiger partial charge is 0.456 e. The van der Waals surface area contributed by atoms with E-state index in [0.29, 0.717) is 0 Å². The van der Waals surface area contributed by atoms with E-state index in [1.165, 1.54) is 66.8 Å². The molecule has 0 spiro atoms. The standard InChI is InChI=1S/C80H54N2O/c1-5-26-55(27-6-1)64-38-16-21-47-74(64)82(75-48-25-46-73-78(75)69-42-15-20-45-72(69)79(73,56-28-7-2-8-29-56)57-30-9-3-10-31-57)62-37-24-36-61(53-62)81(63-50-51-68-67-41-17-22-49-76(67)83-77(68)54-63)60-35-23-34-59(52-60)80(58-32-11-4-12-33-58)70-43-18-13-39-65(70)66-40-14-19-44-71(66)80/h1-54H. The summed E-state index contributed by atoms with van der Waals surface area (Å²) in [5.41, 5.74) is 23.8. The molecular weight excluding hydrogens is 1000 g/mol. The number of fused-ring (bicyclic) bond motifs is 9. The Bertz CT molecular complexity index is 4670. The second kappa shape index (κ2) is 19.5. The highest BCUT2D eigenvalue weighted by Gasteiger charge is 2.48. The molecule has 0 radical (unpaired) electrons. The number of nitrogens with zero attached hydrogens (tertiary/aromatic N) is 2. The molecule has 0 unspecified atom stereocenters. The number of furan rings is 1. The Kier molecular flexibility index (Phi) is 11.3. The van der Waals surface area contributed by atoms with Crippen LogP contribution in [0.2, 0.25) is 0 Å². The van der Waals surface area contributed by atoms with Crippen molar-refractivity contribution in [1.82, 2.24) is 0 Å². The van der Waals surface area contributed by atoms with Crippen LogP contribution in [-0.4, -0.2) is 0 Å². The number of anilines is 6. The Morgan fingerprint density at radius 2 is 0.663 bits per heavy atom. The van der Waals surface area contributed by atoms with Crippen LogP contribution in [0.1, 0.15) is 44.5 Å². The summed E-state index contributed by atoms with van der Waals surface area (Å²) in [5.74, 6) is 0. The summed E-state index contributed by atoms with van der Waals surface area (Å²) in [7, 11) is 0. The van der Waals surface area contributed by atoms with E-state index in [1.807, 2.05) is 6.07 Å². The van der Waals surface area contributed by atoms with E-state index < -0.39 is 10.8 Å². The topological polar surface area (TPSA) is 19.6 Å². The van der Waals surface area contributed by atoms with Crippen LogP contribution in [0.25, 0.3) is 55.3 Å². The first-order valence-corrected chi connectivity index (χ1v) is 28.7. The molecule has 14 aromatic rings. The van der Waals surface area contributed by atoms with Crippen molar-refractivity contribution in [3.05, 3.63) is 372 Å². The highest BCUT2D eigenvalue weighted by molar-refractivity contribution is 6.06. The first-order chi connectivity index (χ1) is 41.2. The van der Waals surface area contributed by atoms with Crippen molar-refractivity contribution < 1.29 is 4.42 Å². The lowest BCUT2D eigenvalue weighted by molar-refractivity contribution is 0.669. The molecule has 1 aromatic heterocycles. The summed E-state index contributed by atoms with van der Waals surface area (Å²) in [5, 5.41) is 2.18. The summed E-state index contributed by atoms with van der Waals surface area (Å²) in [6.07, 6.45) is 0. The Balaban J connectivity index is 0.956. The number of para-hydroxylation sites is 2. The maximum Gasteiger partial charge on any atom is 0.137 e. The van der Waals surface area contributed by atoms with Gasteiger partial charge in [-0.05, 0) is 127 Å². The van der Waals surface area contributed by atoms with E-state index >= 15 is 0 Å². The Labute approximate surface area is 483 Å². The van der Waals surface area contributed by atoms with E-state index in [4.69, 9.17) is 4.42 Å². The van der Waals surface area contributed by atoms with Crippen molar-refractivity contribution in [2.45, 2.75) is 10.8 Å². The van der Waals surface area contributed by atoms with Gasteiger partial charge in [-0.15, -0.1) is 0 Å². The second-order valence-corrected chi connectivity index (χ2v) is 21.8. The first kappa shape index (κ1) is 48.2. The minimum absolute atomic E-state index is 0.592. The highest BCUT2D eigenvalue weighted by atomic mass is 16.3. The summed E-state index contributed by atoms with van der Waals surface area (Å²) < 4.78 is 6.72. The number of hydrogen-bond donors (Lipinski definition) is 0. The van der Waals surface area contributed by atoms with Gasteiger partial charge in [0.05, 0.1) is 22.2 Å². The predicted molar refractivity (Wildman–Crippen MR) is 343 cm³/mol. The molecule has 0 amide bonds. The Morgan fingerprint density at radius 1 is 0.241 bits per heavy atom. The van der Waals surface area contributed by atoms with E-state index in [0.717, 1.165) is 67.2 Å². The van der Waals surface area contributed by atoms with Gasteiger partial charge in [0.15, 0.2) is 0 Å². The van der Waals surface area contributed by atoms with E-state index in [2.05, 4.69) is 331 Å². The smallest absolute Gasteiger partial charge is 0.137 e. The van der Waals surface area contributed by atoms with Gasteiger partial charge in [0.2, 0.25) is 0 Å². The minimum atomic E-state index is -0.600. The van der Waals surface area contributed by atoms with Gasteiger partial charge in [-0.3, -0.25) is 0 Å². The normalized spacial score (nSPS) is 13.3. The molecule has 16 rings (SSSR count). The number of rotatable bonds is 11. The molecule has 0 aliphatic heterocycles. The van der Waals surface area contributed by atoms with Crippen LogP contribution >= 0.6 is 0 Å². The van der Waals surface area contributed by atoms with Crippen LogP contribution in [0.4, 0.5) is 34.1 Å². The lowest BCUT2D eigenvalue weighted by Crippen LogP contribution is -2.28. The van der Waals surface area contributed by atoms with Gasteiger partial charge < -0.3 is 14.2 Å². The maximum atomic E-state index is 6.72. The monoisotopic (exact) mass is 1060 g/mol. The van der Waals surface area contributed by atoms with Gasteiger partial charge in [0.1, 0.15) is 11.2 Å². The van der Waals surface area contributed by atoms with Crippen molar-refractivity contribution in [3.63, 3.8) is 0 Å². The van der Waals surface area contributed by atoms with Crippen molar-refractivity contribution in [2.75, 3.05) is 9.80 Å². The quantitative estimate of drug-likeness (QED) is 0.129. The van der Waals surface area contributed by atoms with Crippen LogP contribution in [0, 0.1) is 0 Å². The Morgan fingerprint density at radius 3 is 1.31 bits per heavy atom. The zero-order valence-corrected chi connectivity index (χ0v) is 45.5. The fraction of sp³-hybridized carbons (Fsp3) is 0.0250. The van der Waals surface area contributed by atoms with Gasteiger partial charge in [-0.25, -0.2) is 0 Å². The van der Waals surface area contributed by atoms with E-state index in [-0.39, 0.29) is 0 Å². The SMILES string of the molecule is c1ccc(-c2ccccc2N(c2cccc(N(c3cccc(C4(c5ccccc5)c5ccccc5-c5ccccc54)c3)c3ccc4c(c3)oc3ccccc34)c2)c2cccc3c2-c2ccccc2C3(c2ccccc2)c2ccccc2)cc1. The molecule has 3 nitrogen and oxygen atoms in total. The van der Waals surface area contributed by atoms with E-state index in [9.17, 15) is 0 Å². The highest BCUT2D eigenvalue weighted by Crippen LogP contribution is 2.61. The van der Waals surface area contributed by atoms with Crippen LogP contribution < -0.4 is 9.80 Å². The lowest BCUT2D eigenvalue weighted by atomic mass is 9.67. The van der Waals surface area contributed by atoms with Gasteiger partial charge >= 0.3 is 0 Å². The summed E-state index contributed by atoms with van der Waals surface area (Å²) in [6.45, 7) is 0. The maximum absolute atomic E-state index is 6.72. The van der Waals surface area contributed by atoms with Crippen molar-refractivity contribution >= 4 is 56.1 Å². The minimum Gasteiger partial charge on any atom is -0.456 e. The zero-order valence-electron chi connectivity index (χ0n) is 45.5. The molecule has 0 saturated carbocycles. The van der Waals surface area contributed by atoms with Crippen molar-refractivity contribution in [1.29, 1.82) is 0 Å². The van der Waals surface area contributed by atoms with E-state index in [1.54, 1.807) is 0 Å². The van der Waals surface area contributed by atoms with Crippen LogP contribution in [0.15, 0.2) is 332 Å². The van der Waals surface area contributed by atoms with Crippen molar-refractivity contribution in [2.24, 2.45) is 0 Å². The zero-order chi connectivity index (χ0) is 54.9. The molecule has 3 heteroatoms. The van der Waals surface area contributed by atoms with Gasteiger partial charge in [0.25, 0.3) is 0 Å². The van der Waals surface area contributed by atoms with Gasteiger partial charge in [0, 0.05) is 50.7 Å². The molecule has 0 atom stereocenters. The average Bonchev–Trinajstić information content (AvgIpc) is 1.82. The predicted octanol–water partition coefficient (Wildman–Crippen LogP) is 20.9. The van der Waals surface area contributed by atoms with Gasteiger partial charge in [-0.1, -0.05) is 261 Å². The molecule has 390 valence electrons. The molecular formula is C80H54N2O. The second-order valence-electron chi connectivity index (χ2n) is 21.8. The van der Waals surface area contributed by atoms with Crippen LogP contribution in [0.5, 0.6) is 0 Å². The molecule has 0 saturated heterocycles. The van der Waals surface area contributed by atoms with Gasteiger partial charge in [-0.2, -0.15) is 0 Å². The average molecular weight is 1060 g/mol. The Hall–Kier alpha value is -10.7. The third kappa shape index (κ3) is 7.38. The molecule has 0 fully saturated rings. The number of hydrogen-bond acceptors (Lipinski definition) is 3. The molecule has 1 heterocycles. The lowest BCUT2D eigenvalue weighted by Gasteiger charge is -2.35. The molecule has 83 heavy (non-hydrogen) atoms. The molecule has 0 N–H and O–H groups in total. The van der Waals surface area contributed by atoms with Crippen LogP contribution in [0.3, 0.4) is 0 Å². The summed E-state index contributed by atoms with van der Waals surface area (Å²) >= 11 is 0. The molecule has 2 aliphatic rings. The van der Waals surface area contributed by atoms with Crippen molar-refractivity contribution in [3.8, 4) is 33.4 Å². The third-order valence-corrected chi connectivity index (χ3v) is 17.6. The summed E-state index contributed by atoms with van der Waals surface area (Å²) in [6, 6.07) is 120. The number of benzene rings is 13. The fourth-order valence-electron chi connectivity index (χ4n) is 14.3. The van der Waals surface area contributed by atoms with Crippen LogP contribution in [-0.2, 0) is 10.8 Å². The molecule has 2 aliphatic carbocycles.